The van der Waals surface area contributed by atoms with Gasteiger partial charge in [-0.2, -0.15) is 10.5 Å². The van der Waals surface area contributed by atoms with Crippen LogP contribution in [0, 0.1) is 22.7 Å². The van der Waals surface area contributed by atoms with Crippen molar-refractivity contribution in [2.24, 2.45) is 0 Å². The monoisotopic (exact) mass is 264 g/mol. The second-order valence-corrected chi connectivity index (χ2v) is 3.72. The van der Waals surface area contributed by atoms with Crippen molar-refractivity contribution in [2.75, 3.05) is 7.11 Å². The van der Waals surface area contributed by atoms with E-state index in [0.717, 1.165) is 0 Å². The molecule has 0 spiro atoms. The molecule has 0 aliphatic carbocycles. The summed E-state index contributed by atoms with van der Waals surface area (Å²) in [6.07, 6.45) is 0.325. The molecule has 1 rings (SSSR count). The van der Waals surface area contributed by atoms with Crippen molar-refractivity contribution in [1.29, 1.82) is 10.5 Å². The Bertz CT molecular complexity index is 529. The predicted molar refractivity (Wildman–Crippen MR) is 63.7 cm³/mol. The maximum Gasteiger partial charge on any atom is 1.00 e. The summed E-state index contributed by atoms with van der Waals surface area (Å²) in [6, 6.07) is 12.7. The molecule has 0 aromatic heterocycles. The molecule has 19 heavy (non-hydrogen) atoms. The van der Waals surface area contributed by atoms with Crippen molar-refractivity contribution >= 4 is 0 Å². The van der Waals surface area contributed by atoms with E-state index in [4.69, 9.17) is 5.26 Å². The number of hydrogen-bond acceptors (Lipinski definition) is 4. The van der Waals surface area contributed by atoms with E-state index in [2.05, 4.69) is 10.8 Å². The SMILES string of the molecule is CCC(C#N)(/C(C#N)=C(\[O-])OC)c1ccccc1.[Na+]. The van der Waals surface area contributed by atoms with Crippen molar-refractivity contribution in [3.05, 3.63) is 47.4 Å². The molecule has 0 amide bonds. The van der Waals surface area contributed by atoms with E-state index < -0.39 is 11.4 Å². The zero-order chi connectivity index (χ0) is 13.6. The van der Waals surface area contributed by atoms with Crippen LogP contribution in [0.1, 0.15) is 18.9 Å². The third kappa shape index (κ3) is 3.30. The fraction of sp³-hybridized carbons (Fsp3) is 0.286. The minimum Gasteiger partial charge on any atom is -0.616 e. The van der Waals surface area contributed by atoms with Crippen LogP contribution < -0.4 is 34.7 Å². The number of nitriles is 2. The molecule has 1 atom stereocenters. The molecular formula is C14H13N2NaO2. The van der Waals surface area contributed by atoms with Crippen LogP contribution >= 0.6 is 0 Å². The summed E-state index contributed by atoms with van der Waals surface area (Å²) < 4.78 is 4.58. The predicted octanol–water partition coefficient (Wildman–Crippen LogP) is -1.40. The van der Waals surface area contributed by atoms with Gasteiger partial charge >= 0.3 is 29.6 Å². The van der Waals surface area contributed by atoms with Crippen molar-refractivity contribution in [3.63, 3.8) is 0 Å². The maximum atomic E-state index is 11.6. The molecule has 0 heterocycles. The second kappa shape index (κ2) is 7.86. The van der Waals surface area contributed by atoms with E-state index in [1.54, 1.807) is 31.2 Å². The fourth-order valence-corrected chi connectivity index (χ4v) is 1.86. The Kier molecular flexibility index (Phi) is 7.26. The van der Waals surface area contributed by atoms with Crippen molar-refractivity contribution in [1.82, 2.24) is 0 Å². The number of methoxy groups -OCH3 is 1. The van der Waals surface area contributed by atoms with Crippen LogP contribution in [0.25, 0.3) is 0 Å². The third-order valence-corrected chi connectivity index (χ3v) is 2.92. The third-order valence-electron chi connectivity index (χ3n) is 2.92. The molecule has 4 nitrogen and oxygen atoms in total. The summed E-state index contributed by atoms with van der Waals surface area (Å²) in [6.45, 7) is 1.76. The molecule has 1 unspecified atom stereocenters. The zero-order valence-corrected chi connectivity index (χ0v) is 13.3. The molecule has 0 saturated carbocycles. The Labute approximate surface area is 135 Å². The van der Waals surface area contributed by atoms with Crippen LogP contribution in [0.5, 0.6) is 0 Å². The molecule has 0 aliphatic heterocycles. The van der Waals surface area contributed by atoms with E-state index in [1.807, 2.05) is 12.1 Å². The number of rotatable bonds is 4. The van der Waals surface area contributed by atoms with Gasteiger partial charge in [-0.05, 0) is 19.1 Å². The number of hydrogen-bond donors (Lipinski definition) is 0. The van der Waals surface area contributed by atoms with Gasteiger partial charge < -0.3 is 9.84 Å². The first kappa shape index (κ1) is 17.5. The van der Waals surface area contributed by atoms with Crippen molar-refractivity contribution < 1.29 is 39.4 Å². The average molecular weight is 264 g/mol. The van der Waals surface area contributed by atoms with Crippen molar-refractivity contribution in [2.45, 2.75) is 18.8 Å². The summed E-state index contributed by atoms with van der Waals surface area (Å²) in [5.74, 6) is -0.759. The van der Waals surface area contributed by atoms with E-state index in [0.29, 0.717) is 12.0 Å². The summed E-state index contributed by atoms with van der Waals surface area (Å²) in [4.78, 5) is 0. The standard InChI is InChI=1S/C14H14N2O2.Na/c1-3-14(10-16,11-7-5-4-6-8-11)12(9-15)13(17)18-2;/h4-8,17H,3H2,1-2H3;/q;+1/p-1/b13-12+;. The van der Waals surface area contributed by atoms with E-state index in [1.165, 1.54) is 7.11 Å². The van der Waals surface area contributed by atoms with E-state index in [9.17, 15) is 10.4 Å². The Morgan fingerprint density at radius 2 is 1.89 bits per heavy atom. The van der Waals surface area contributed by atoms with Gasteiger partial charge in [-0.3, -0.25) is 0 Å². The van der Waals surface area contributed by atoms with E-state index in [-0.39, 0.29) is 35.1 Å². The van der Waals surface area contributed by atoms with Crippen LogP contribution in [0.4, 0.5) is 0 Å². The van der Waals surface area contributed by atoms with Crippen LogP contribution in [0.3, 0.4) is 0 Å². The largest absolute Gasteiger partial charge is 1.00 e. The summed E-state index contributed by atoms with van der Waals surface area (Å²) in [5.41, 5.74) is -0.804. The molecule has 0 N–H and O–H groups in total. The normalized spacial score (nSPS) is 13.9. The summed E-state index contributed by atoms with van der Waals surface area (Å²) in [5, 5.41) is 30.2. The summed E-state index contributed by atoms with van der Waals surface area (Å²) >= 11 is 0. The number of nitrogens with zero attached hydrogens (tertiary/aromatic N) is 2. The molecule has 1 aromatic carbocycles. The van der Waals surface area contributed by atoms with Gasteiger partial charge in [0.2, 0.25) is 0 Å². The molecule has 0 saturated heterocycles. The van der Waals surface area contributed by atoms with Crippen LogP contribution in [-0.4, -0.2) is 7.11 Å². The van der Waals surface area contributed by atoms with Gasteiger partial charge in [0.05, 0.1) is 23.7 Å². The van der Waals surface area contributed by atoms with Gasteiger partial charge in [-0.15, -0.1) is 0 Å². The van der Waals surface area contributed by atoms with Gasteiger partial charge in [-0.25, -0.2) is 0 Å². The van der Waals surface area contributed by atoms with Gasteiger partial charge in [-0.1, -0.05) is 37.3 Å². The smallest absolute Gasteiger partial charge is 0.616 e. The molecular weight excluding hydrogens is 251 g/mol. The number of ether oxygens (including phenoxy) is 1. The molecule has 92 valence electrons. The van der Waals surface area contributed by atoms with Gasteiger partial charge in [0.1, 0.15) is 5.41 Å². The molecule has 5 heteroatoms. The van der Waals surface area contributed by atoms with Gasteiger partial charge in [0.15, 0.2) is 0 Å². The molecule has 0 bridgehead atoms. The molecule has 0 fully saturated rings. The number of benzene rings is 1. The molecule has 0 radical (unpaired) electrons. The van der Waals surface area contributed by atoms with Crippen LogP contribution in [0.2, 0.25) is 0 Å². The topological polar surface area (TPSA) is 79.9 Å². The number of allylic oxidation sites excluding steroid dienone is 1. The Balaban J connectivity index is 0.00000324. The summed E-state index contributed by atoms with van der Waals surface area (Å²) in [7, 11) is 1.20. The van der Waals surface area contributed by atoms with Gasteiger partial charge in [0.25, 0.3) is 0 Å². The first-order valence-corrected chi connectivity index (χ1v) is 5.49. The Morgan fingerprint density at radius 1 is 1.32 bits per heavy atom. The first-order chi connectivity index (χ1) is 8.66. The minimum absolute atomic E-state index is 0. The Morgan fingerprint density at radius 3 is 2.26 bits per heavy atom. The first-order valence-electron chi connectivity index (χ1n) is 5.49. The fourth-order valence-electron chi connectivity index (χ4n) is 1.86. The van der Waals surface area contributed by atoms with Gasteiger partial charge in [0, 0.05) is 0 Å². The Hall–Kier alpha value is -1.46. The van der Waals surface area contributed by atoms with E-state index >= 15 is 0 Å². The van der Waals surface area contributed by atoms with Crippen LogP contribution in [0.15, 0.2) is 41.9 Å². The second-order valence-electron chi connectivity index (χ2n) is 3.72. The zero-order valence-electron chi connectivity index (χ0n) is 11.3. The van der Waals surface area contributed by atoms with Crippen LogP contribution in [-0.2, 0) is 10.2 Å². The maximum absolute atomic E-state index is 11.6. The van der Waals surface area contributed by atoms with Crippen molar-refractivity contribution in [3.8, 4) is 12.1 Å². The molecule has 1 aromatic rings. The molecule has 0 aliphatic rings. The minimum atomic E-state index is -1.25. The average Bonchev–Trinajstić information content (AvgIpc) is 2.45. The quantitative estimate of drug-likeness (QED) is 0.381.